The normalized spacial score (nSPS) is 10.2. The molecule has 0 saturated carbocycles. The van der Waals surface area contributed by atoms with Gasteiger partial charge in [0.05, 0.1) is 6.54 Å². The van der Waals surface area contributed by atoms with Gasteiger partial charge in [-0.05, 0) is 36.2 Å². The van der Waals surface area contributed by atoms with Crippen molar-refractivity contribution in [1.82, 2.24) is 10.6 Å². The molecule has 2 rings (SSSR count). The highest BCUT2D eigenvalue weighted by Gasteiger charge is 2.03. The highest BCUT2D eigenvalue weighted by atomic mass is 35.5. The summed E-state index contributed by atoms with van der Waals surface area (Å²) in [6.45, 7) is 0.986. The number of benzene rings is 2. The molecule has 0 aliphatic heterocycles. The third-order valence-corrected chi connectivity index (χ3v) is 3.31. The van der Waals surface area contributed by atoms with E-state index in [0.717, 1.165) is 5.56 Å². The second-order valence-electron chi connectivity index (χ2n) is 4.84. The van der Waals surface area contributed by atoms with Crippen LogP contribution in [0.3, 0.4) is 0 Å². The summed E-state index contributed by atoms with van der Waals surface area (Å²) in [4.78, 5) is 11.6. The molecule has 4 nitrogen and oxygen atoms in total. The summed E-state index contributed by atoms with van der Waals surface area (Å²) in [7, 11) is 0. The van der Waals surface area contributed by atoms with Crippen molar-refractivity contribution in [1.29, 1.82) is 0 Å². The van der Waals surface area contributed by atoms with Gasteiger partial charge >= 0.3 is 6.03 Å². The highest BCUT2D eigenvalue weighted by molar-refractivity contribution is 6.30. The van der Waals surface area contributed by atoms with Gasteiger partial charge in [0, 0.05) is 11.6 Å². The Bertz CT molecular complexity index is 652. The Labute approximate surface area is 139 Å². The lowest BCUT2D eigenvalue weighted by Crippen LogP contribution is -2.38. The minimum Gasteiger partial charge on any atom is -0.489 e. The van der Waals surface area contributed by atoms with E-state index in [1.807, 2.05) is 18.2 Å². The molecule has 0 saturated heterocycles. The van der Waals surface area contributed by atoms with Crippen LogP contribution in [0.25, 0.3) is 0 Å². The second-order valence-corrected chi connectivity index (χ2v) is 5.28. The Kier molecular flexibility index (Phi) is 6.69. The maximum Gasteiger partial charge on any atom is 0.314 e. The smallest absolute Gasteiger partial charge is 0.314 e. The first-order chi connectivity index (χ1) is 11.1. The van der Waals surface area contributed by atoms with Gasteiger partial charge < -0.3 is 15.4 Å². The summed E-state index contributed by atoms with van der Waals surface area (Å²) in [6.07, 6.45) is 0.694. The quantitative estimate of drug-likeness (QED) is 0.761. The van der Waals surface area contributed by atoms with Crippen molar-refractivity contribution in [3.05, 3.63) is 64.9 Å². The van der Waals surface area contributed by atoms with Gasteiger partial charge in [-0.25, -0.2) is 9.18 Å². The molecule has 0 aromatic heterocycles. The average Bonchev–Trinajstić information content (AvgIpc) is 2.53. The van der Waals surface area contributed by atoms with E-state index in [1.165, 1.54) is 6.07 Å². The van der Waals surface area contributed by atoms with Crippen molar-refractivity contribution in [3.63, 3.8) is 0 Å². The summed E-state index contributed by atoms with van der Waals surface area (Å²) in [5.41, 5.74) is 1.06. The molecular weight excluding hydrogens is 319 g/mol. The SMILES string of the molecule is O=C(NCCOc1ccccc1F)NCCc1cccc(Cl)c1. The van der Waals surface area contributed by atoms with Crippen molar-refractivity contribution in [2.45, 2.75) is 6.42 Å². The Balaban J connectivity index is 1.59. The van der Waals surface area contributed by atoms with Gasteiger partial charge in [0.15, 0.2) is 11.6 Å². The first-order valence-corrected chi connectivity index (χ1v) is 7.66. The Morgan fingerprint density at radius 2 is 1.87 bits per heavy atom. The van der Waals surface area contributed by atoms with E-state index in [-0.39, 0.29) is 24.9 Å². The Morgan fingerprint density at radius 1 is 1.09 bits per heavy atom. The van der Waals surface area contributed by atoms with E-state index >= 15 is 0 Å². The minimum atomic E-state index is -0.418. The highest BCUT2D eigenvalue weighted by Crippen LogP contribution is 2.14. The molecule has 2 amide bonds. The fourth-order valence-corrected chi connectivity index (χ4v) is 2.18. The molecule has 0 unspecified atom stereocenters. The molecule has 0 atom stereocenters. The molecule has 23 heavy (non-hydrogen) atoms. The third-order valence-electron chi connectivity index (χ3n) is 3.07. The molecule has 6 heteroatoms. The average molecular weight is 337 g/mol. The molecule has 0 fully saturated rings. The zero-order valence-electron chi connectivity index (χ0n) is 12.5. The predicted molar refractivity (Wildman–Crippen MR) is 88.5 cm³/mol. The predicted octanol–water partition coefficient (Wildman–Crippen LogP) is 3.40. The second kappa shape index (κ2) is 9.00. The van der Waals surface area contributed by atoms with Crippen LogP contribution in [0.5, 0.6) is 5.75 Å². The fourth-order valence-electron chi connectivity index (χ4n) is 1.96. The number of carbonyl (C=O) groups excluding carboxylic acids is 1. The van der Waals surface area contributed by atoms with Crippen molar-refractivity contribution in [2.24, 2.45) is 0 Å². The standard InChI is InChI=1S/C17H18ClFN2O2/c18-14-5-3-4-13(12-14)8-9-20-17(22)21-10-11-23-16-7-2-1-6-15(16)19/h1-7,12H,8-11H2,(H2,20,21,22). The molecule has 0 bridgehead atoms. The van der Waals surface area contributed by atoms with E-state index in [9.17, 15) is 9.18 Å². The molecule has 2 N–H and O–H groups in total. The van der Waals surface area contributed by atoms with Crippen molar-refractivity contribution in [2.75, 3.05) is 19.7 Å². The molecular formula is C17H18ClFN2O2. The number of rotatable bonds is 7. The summed E-state index contributed by atoms with van der Waals surface area (Å²) in [5.74, 6) is -0.242. The number of hydrogen-bond acceptors (Lipinski definition) is 2. The lowest BCUT2D eigenvalue weighted by Gasteiger charge is -2.09. The number of hydrogen-bond donors (Lipinski definition) is 2. The minimum absolute atomic E-state index is 0.177. The number of carbonyl (C=O) groups is 1. The molecule has 122 valence electrons. The molecule has 0 aliphatic carbocycles. The number of ether oxygens (including phenoxy) is 1. The zero-order chi connectivity index (χ0) is 16.5. The van der Waals surface area contributed by atoms with Crippen molar-refractivity contribution >= 4 is 17.6 Å². The number of amides is 2. The van der Waals surface area contributed by atoms with E-state index in [1.54, 1.807) is 24.3 Å². The monoisotopic (exact) mass is 336 g/mol. The molecule has 2 aromatic carbocycles. The van der Waals surface area contributed by atoms with Gasteiger partial charge in [0.1, 0.15) is 6.61 Å². The number of nitrogens with one attached hydrogen (secondary N) is 2. The van der Waals surface area contributed by atoms with Gasteiger partial charge in [-0.3, -0.25) is 0 Å². The summed E-state index contributed by atoms with van der Waals surface area (Å²) < 4.78 is 18.5. The summed E-state index contributed by atoms with van der Waals surface area (Å²) >= 11 is 5.89. The molecule has 0 radical (unpaired) electrons. The van der Waals surface area contributed by atoms with Gasteiger partial charge in [0.25, 0.3) is 0 Å². The van der Waals surface area contributed by atoms with Crippen LogP contribution >= 0.6 is 11.6 Å². The van der Waals surface area contributed by atoms with Crippen LogP contribution in [0.1, 0.15) is 5.56 Å². The maximum absolute atomic E-state index is 13.3. The molecule has 0 heterocycles. The van der Waals surface area contributed by atoms with Crippen LogP contribution in [-0.2, 0) is 6.42 Å². The van der Waals surface area contributed by atoms with Crippen molar-refractivity contribution < 1.29 is 13.9 Å². The largest absolute Gasteiger partial charge is 0.489 e. The van der Waals surface area contributed by atoms with Gasteiger partial charge in [-0.1, -0.05) is 35.9 Å². The van der Waals surface area contributed by atoms with E-state index in [2.05, 4.69) is 10.6 Å². The lowest BCUT2D eigenvalue weighted by molar-refractivity contribution is 0.236. The lowest BCUT2D eigenvalue weighted by atomic mass is 10.1. The zero-order valence-corrected chi connectivity index (χ0v) is 13.3. The van der Waals surface area contributed by atoms with Gasteiger partial charge in [0.2, 0.25) is 0 Å². The third kappa shape index (κ3) is 6.16. The van der Waals surface area contributed by atoms with Gasteiger partial charge in [-0.2, -0.15) is 0 Å². The number of urea groups is 1. The van der Waals surface area contributed by atoms with Crippen LogP contribution in [0, 0.1) is 5.82 Å². The van der Waals surface area contributed by atoms with Gasteiger partial charge in [-0.15, -0.1) is 0 Å². The Morgan fingerprint density at radius 3 is 2.65 bits per heavy atom. The molecule has 2 aromatic rings. The molecule has 0 spiro atoms. The number of para-hydroxylation sites is 1. The fraction of sp³-hybridized carbons (Fsp3) is 0.235. The van der Waals surface area contributed by atoms with Crippen LogP contribution < -0.4 is 15.4 Å². The van der Waals surface area contributed by atoms with Crippen LogP contribution in [0.15, 0.2) is 48.5 Å². The van der Waals surface area contributed by atoms with E-state index in [4.69, 9.17) is 16.3 Å². The van der Waals surface area contributed by atoms with Crippen molar-refractivity contribution in [3.8, 4) is 5.75 Å². The molecule has 0 aliphatic rings. The summed E-state index contributed by atoms with van der Waals surface area (Å²) in [5, 5.41) is 6.06. The first kappa shape index (κ1) is 17.1. The van der Waals surface area contributed by atoms with E-state index in [0.29, 0.717) is 18.0 Å². The van der Waals surface area contributed by atoms with E-state index < -0.39 is 5.82 Å². The summed E-state index contributed by atoms with van der Waals surface area (Å²) in [6, 6.07) is 13.4. The van der Waals surface area contributed by atoms with Crippen LogP contribution in [-0.4, -0.2) is 25.7 Å². The Hall–Kier alpha value is -2.27. The van der Waals surface area contributed by atoms with Crippen LogP contribution in [0.4, 0.5) is 9.18 Å². The topological polar surface area (TPSA) is 50.4 Å². The first-order valence-electron chi connectivity index (χ1n) is 7.28. The van der Waals surface area contributed by atoms with Crippen LogP contribution in [0.2, 0.25) is 5.02 Å². The number of halogens is 2. The maximum atomic E-state index is 13.3.